The number of alkyl halides is 1. The van der Waals surface area contributed by atoms with E-state index in [-0.39, 0.29) is 6.54 Å². The molecule has 5 heteroatoms. The third kappa shape index (κ3) is 3.20. The van der Waals surface area contributed by atoms with E-state index in [4.69, 9.17) is 5.11 Å². The van der Waals surface area contributed by atoms with E-state index in [1.807, 2.05) is 12.1 Å². The van der Waals surface area contributed by atoms with Crippen LogP contribution < -0.4 is 4.90 Å². The Bertz CT molecular complexity index is 378. The lowest BCUT2D eigenvalue weighted by atomic mass is 10.1. The van der Waals surface area contributed by atoms with E-state index in [0.717, 1.165) is 17.1 Å². The lowest BCUT2D eigenvalue weighted by Gasteiger charge is -2.25. The topological polar surface area (TPSA) is 40.5 Å². The molecule has 0 bridgehead atoms. The van der Waals surface area contributed by atoms with Crippen molar-refractivity contribution in [2.45, 2.75) is 12.6 Å². The van der Waals surface area contributed by atoms with Crippen LogP contribution >= 0.6 is 15.9 Å². The number of carboxylic acids is 1. The van der Waals surface area contributed by atoms with Crippen LogP contribution in [0.25, 0.3) is 0 Å². The van der Waals surface area contributed by atoms with E-state index in [1.54, 1.807) is 24.1 Å². The second-order valence-electron chi connectivity index (χ2n) is 3.84. The molecule has 0 aliphatic heterocycles. The second kappa shape index (κ2) is 4.82. The van der Waals surface area contributed by atoms with Gasteiger partial charge in [-0.1, -0.05) is 15.9 Å². The third-order valence-corrected chi connectivity index (χ3v) is 2.78. The smallest absolute Gasteiger partial charge is 0.343 e. The summed E-state index contributed by atoms with van der Waals surface area (Å²) in [4.78, 5) is 12.2. The van der Waals surface area contributed by atoms with Crippen molar-refractivity contribution in [3.8, 4) is 0 Å². The standard InChI is InChI=1S/C11H13BrFNO2/c1-11(13,10(15)16)7-14(2)9-5-3-8(12)4-6-9/h3-6H,7H2,1-2H3,(H,15,16). The van der Waals surface area contributed by atoms with E-state index in [9.17, 15) is 9.18 Å². The molecule has 0 aliphatic carbocycles. The van der Waals surface area contributed by atoms with Crippen LogP contribution in [0.4, 0.5) is 10.1 Å². The molecule has 16 heavy (non-hydrogen) atoms. The predicted octanol–water partition coefficient (Wildman–Crippen LogP) is 2.70. The minimum absolute atomic E-state index is 0.191. The first-order valence-electron chi connectivity index (χ1n) is 4.72. The molecule has 3 nitrogen and oxygen atoms in total. The number of anilines is 1. The van der Waals surface area contributed by atoms with Gasteiger partial charge in [-0.3, -0.25) is 0 Å². The van der Waals surface area contributed by atoms with Gasteiger partial charge < -0.3 is 10.0 Å². The number of hydrogen-bond acceptors (Lipinski definition) is 2. The van der Waals surface area contributed by atoms with E-state index >= 15 is 0 Å². The molecule has 1 unspecified atom stereocenters. The van der Waals surface area contributed by atoms with Gasteiger partial charge in [-0.05, 0) is 31.2 Å². The Morgan fingerprint density at radius 1 is 1.50 bits per heavy atom. The fourth-order valence-corrected chi connectivity index (χ4v) is 1.56. The number of hydrogen-bond donors (Lipinski definition) is 1. The molecule has 0 saturated heterocycles. The summed E-state index contributed by atoms with van der Waals surface area (Å²) in [6.07, 6.45) is 0. The highest BCUT2D eigenvalue weighted by atomic mass is 79.9. The first-order chi connectivity index (χ1) is 7.33. The fourth-order valence-electron chi connectivity index (χ4n) is 1.30. The lowest BCUT2D eigenvalue weighted by molar-refractivity contribution is -0.148. The van der Waals surface area contributed by atoms with Crippen molar-refractivity contribution in [2.75, 3.05) is 18.5 Å². The zero-order chi connectivity index (χ0) is 12.3. The van der Waals surface area contributed by atoms with Crippen LogP contribution in [0.15, 0.2) is 28.7 Å². The van der Waals surface area contributed by atoms with E-state index in [0.29, 0.717) is 0 Å². The zero-order valence-electron chi connectivity index (χ0n) is 9.08. The Labute approximate surface area is 102 Å². The summed E-state index contributed by atoms with van der Waals surface area (Å²) in [7, 11) is 1.66. The first-order valence-corrected chi connectivity index (χ1v) is 5.51. The van der Waals surface area contributed by atoms with Crippen LogP contribution in [0.1, 0.15) is 6.92 Å². The van der Waals surface area contributed by atoms with Gasteiger partial charge in [0.1, 0.15) is 0 Å². The number of aliphatic carboxylic acids is 1. The maximum atomic E-state index is 13.6. The summed E-state index contributed by atoms with van der Waals surface area (Å²) in [5.41, 5.74) is -1.48. The largest absolute Gasteiger partial charge is 0.479 e. The average molecular weight is 290 g/mol. The van der Waals surface area contributed by atoms with Gasteiger partial charge in [-0.2, -0.15) is 0 Å². The normalized spacial score (nSPS) is 14.2. The Hall–Kier alpha value is -1.10. The van der Waals surface area contributed by atoms with Crippen LogP contribution in [0.5, 0.6) is 0 Å². The number of carboxylic acid groups (broad SMARTS) is 1. The molecule has 0 amide bonds. The van der Waals surface area contributed by atoms with Crippen molar-refractivity contribution in [3.05, 3.63) is 28.7 Å². The Morgan fingerprint density at radius 3 is 2.44 bits per heavy atom. The van der Waals surface area contributed by atoms with Gasteiger partial charge in [-0.25, -0.2) is 9.18 Å². The average Bonchev–Trinajstić information content (AvgIpc) is 2.17. The van der Waals surface area contributed by atoms with Crippen molar-refractivity contribution in [1.82, 2.24) is 0 Å². The number of halogens is 2. The SMILES string of the molecule is CN(CC(C)(F)C(=O)O)c1ccc(Br)cc1. The van der Waals surface area contributed by atoms with Crippen molar-refractivity contribution >= 4 is 27.6 Å². The molecule has 1 atom stereocenters. The van der Waals surface area contributed by atoms with Crippen LogP contribution in [0, 0.1) is 0 Å². The molecule has 88 valence electrons. The van der Waals surface area contributed by atoms with E-state index in [2.05, 4.69) is 15.9 Å². The van der Waals surface area contributed by atoms with Gasteiger partial charge in [0.05, 0.1) is 6.54 Å². The summed E-state index contributed by atoms with van der Waals surface area (Å²) in [6.45, 7) is 0.870. The van der Waals surface area contributed by atoms with Gasteiger partial charge in [-0.15, -0.1) is 0 Å². The molecule has 0 aromatic heterocycles. The summed E-state index contributed by atoms with van der Waals surface area (Å²) in [5, 5.41) is 8.67. The van der Waals surface area contributed by atoms with Crippen molar-refractivity contribution in [3.63, 3.8) is 0 Å². The lowest BCUT2D eigenvalue weighted by Crippen LogP contribution is -2.41. The summed E-state index contributed by atoms with van der Waals surface area (Å²) in [6, 6.07) is 7.23. The molecule has 0 fully saturated rings. The second-order valence-corrected chi connectivity index (χ2v) is 4.75. The molecule has 0 heterocycles. The molecule has 1 N–H and O–H groups in total. The van der Waals surface area contributed by atoms with E-state index in [1.165, 1.54) is 0 Å². The molecular formula is C11H13BrFNO2. The summed E-state index contributed by atoms with van der Waals surface area (Å²) < 4.78 is 14.5. The van der Waals surface area contributed by atoms with Gasteiger partial charge >= 0.3 is 5.97 Å². The van der Waals surface area contributed by atoms with Gasteiger partial charge in [0.2, 0.25) is 5.67 Å². The van der Waals surface area contributed by atoms with Gasteiger partial charge in [0.15, 0.2) is 0 Å². The summed E-state index contributed by atoms with van der Waals surface area (Å²) in [5.74, 6) is -1.45. The number of nitrogens with zero attached hydrogens (tertiary/aromatic N) is 1. The highest BCUT2D eigenvalue weighted by Crippen LogP contribution is 2.20. The zero-order valence-corrected chi connectivity index (χ0v) is 10.7. The first kappa shape index (κ1) is 13.0. The third-order valence-electron chi connectivity index (χ3n) is 2.25. The maximum Gasteiger partial charge on any atom is 0.343 e. The maximum absolute atomic E-state index is 13.6. The predicted molar refractivity (Wildman–Crippen MR) is 64.6 cm³/mol. The van der Waals surface area contributed by atoms with Crippen molar-refractivity contribution in [1.29, 1.82) is 0 Å². The van der Waals surface area contributed by atoms with Crippen molar-refractivity contribution in [2.24, 2.45) is 0 Å². The van der Waals surface area contributed by atoms with Crippen LogP contribution in [0.3, 0.4) is 0 Å². The minimum Gasteiger partial charge on any atom is -0.479 e. The minimum atomic E-state index is -2.25. The Balaban J connectivity index is 2.76. The molecule has 1 aromatic rings. The Kier molecular flexibility index (Phi) is 3.91. The molecule has 1 rings (SSSR count). The van der Waals surface area contributed by atoms with Crippen LogP contribution in [-0.4, -0.2) is 30.3 Å². The van der Waals surface area contributed by atoms with Gasteiger partial charge in [0.25, 0.3) is 0 Å². The number of rotatable bonds is 4. The van der Waals surface area contributed by atoms with E-state index < -0.39 is 11.6 Å². The van der Waals surface area contributed by atoms with Crippen molar-refractivity contribution < 1.29 is 14.3 Å². The molecule has 0 spiro atoms. The molecule has 0 aliphatic rings. The molecular weight excluding hydrogens is 277 g/mol. The summed E-state index contributed by atoms with van der Waals surface area (Å²) >= 11 is 3.29. The highest BCUT2D eigenvalue weighted by Gasteiger charge is 2.34. The number of benzene rings is 1. The monoisotopic (exact) mass is 289 g/mol. The number of carbonyl (C=O) groups is 1. The molecule has 1 aromatic carbocycles. The molecule has 0 radical (unpaired) electrons. The molecule has 0 saturated carbocycles. The van der Waals surface area contributed by atoms with Crippen LogP contribution in [0.2, 0.25) is 0 Å². The Morgan fingerprint density at radius 2 is 2.00 bits per heavy atom. The quantitative estimate of drug-likeness (QED) is 0.927. The van der Waals surface area contributed by atoms with Gasteiger partial charge in [0, 0.05) is 17.2 Å². The highest BCUT2D eigenvalue weighted by molar-refractivity contribution is 9.10. The van der Waals surface area contributed by atoms with Crippen LogP contribution in [-0.2, 0) is 4.79 Å². The fraction of sp³-hybridized carbons (Fsp3) is 0.364.